The number of aromatic nitrogens is 1. The lowest BCUT2D eigenvalue weighted by atomic mass is 10.0. The molecule has 1 N–H and O–H groups in total. The Labute approximate surface area is 145 Å². The van der Waals surface area contributed by atoms with E-state index >= 15 is 0 Å². The van der Waals surface area contributed by atoms with E-state index in [9.17, 15) is 4.79 Å². The molecular formula is C21H30N2O. The number of hydrogen-bond donors (Lipinski definition) is 1. The van der Waals surface area contributed by atoms with Gasteiger partial charge < -0.3 is 4.98 Å². The van der Waals surface area contributed by atoms with Crippen LogP contribution in [-0.4, -0.2) is 22.5 Å². The molecule has 24 heavy (non-hydrogen) atoms. The summed E-state index contributed by atoms with van der Waals surface area (Å²) in [5.41, 5.74) is 4.43. The molecule has 1 aliphatic rings. The number of benzene rings is 1. The Morgan fingerprint density at radius 1 is 1.29 bits per heavy atom. The molecule has 0 unspecified atom stereocenters. The number of pyridine rings is 1. The lowest BCUT2D eigenvalue weighted by Crippen LogP contribution is -2.38. The zero-order valence-corrected chi connectivity index (χ0v) is 15.3. The van der Waals surface area contributed by atoms with E-state index < -0.39 is 0 Å². The summed E-state index contributed by atoms with van der Waals surface area (Å²) in [6, 6.07) is 6.90. The van der Waals surface area contributed by atoms with Crippen molar-refractivity contribution in [1.82, 2.24) is 9.88 Å². The predicted octanol–water partition coefficient (Wildman–Crippen LogP) is 4.55. The largest absolute Gasteiger partial charge is 0.358 e. The number of fused-ring (bicyclic) bond motifs is 1. The summed E-state index contributed by atoms with van der Waals surface area (Å²) in [4.78, 5) is 19.0. The molecule has 1 aliphatic heterocycles. The van der Waals surface area contributed by atoms with E-state index in [0.29, 0.717) is 6.04 Å². The number of nitrogens with one attached hydrogen (secondary N) is 1. The molecule has 130 valence electrons. The van der Waals surface area contributed by atoms with Crippen LogP contribution in [0.2, 0.25) is 0 Å². The monoisotopic (exact) mass is 326 g/mol. The van der Waals surface area contributed by atoms with Crippen LogP contribution in [0.15, 0.2) is 23.0 Å². The van der Waals surface area contributed by atoms with Crippen molar-refractivity contribution >= 4 is 10.9 Å². The molecule has 0 spiro atoms. The summed E-state index contributed by atoms with van der Waals surface area (Å²) in [5, 5.41) is 0.855. The Morgan fingerprint density at radius 3 is 2.88 bits per heavy atom. The number of unbranched alkanes of at least 4 members (excludes halogenated alkanes) is 1. The van der Waals surface area contributed by atoms with Gasteiger partial charge in [-0.15, -0.1) is 0 Å². The van der Waals surface area contributed by atoms with Crippen LogP contribution in [0.3, 0.4) is 0 Å². The van der Waals surface area contributed by atoms with Gasteiger partial charge in [-0.3, -0.25) is 9.69 Å². The number of piperidine rings is 1. The van der Waals surface area contributed by atoms with Crippen LogP contribution in [-0.2, 0) is 13.0 Å². The summed E-state index contributed by atoms with van der Waals surface area (Å²) < 4.78 is 0. The van der Waals surface area contributed by atoms with Crippen molar-refractivity contribution in [3.8, 4) is 0 Å². The zero-order valence-electron chi connectivity index (χ0n) is 15.3. The normalized spacial score (nSPS) is 19.0. The van der Waals surface area contributed by atoms with Gasteiger partial charge in [0.2, 0.25) is 0 Å². The molecule has 1 saturated heterocycles. The van der Waals surface area contributed by atoms with Crippen LogP contribution in [0, 0.1) is 6.92 Å². The maximum Gasteiger partial charge on any atom is 0.194 e. The van der Waals surface area contributed by atoms with Gasteiger partial charge in [-0.25, -0.2) is 0 Å². The van der Waals surface area contributed by atoms with Gasteiger partial charge in [0.05, 0.1) is 0 Å². The van der Waals surface area contributed by atoms with Gasteiger partial charge in [0, 0.05) is 34.7 Å². The number of nitrogens with zero attached hydrogens (tertiary/aromatic N) is 1. The summed E-state index contributed by atoms with van der Waals surface area (Å²) in [7, 11) is 0. The minimum atomic E-state index is 0.220. The van der Waals surface area contributed by atoms with Crippen molar-refractivity contribution in [1.29, 1.82) is 0 Å². The van der Waals surface area contributed by atoms with E-state index in [4.69, 9.17) is 0 Å². The average molecular weight is 326 g/mol. The zero-order chi connectivity index (χ0) is 17.1. The molecule has 3 nitrogen and oxygen atoms in total. The number of aryl methyl sites for hydroxylation is 2. The minimum Gasteiger partial charge on any atom is -0.358 e. The summed E-state index contributed by atoms with van der Waals surface area (Å²) in [5.74, 6) is 0. The van der Waals surface area contributed by atoms with Gasteiger partial charge >= 0.3 is 0 Å². The SMILES string of the molecule is CCCCc1ccc2[nH]c(C)c(CN3CCCC[C@@H]3C)c(=O)c2c1. The van der Waals surface area contributed by atoms with Crippen molar-refractivity contribution in [3.63, 3.8) is 0 Å². The fourth-order valence-electron chi connectivity index (χ4n) is 3.82. The van der Waals surface area contributed by atoms with Crippen molar-refractivity contribution < 1.29 is 0 Å². The van der Waals surface area contributed by atoms with E-state index in [-0.39, 0.29) is 5.43 Å². The highest BCUT2D eigenvalue weighted by molar-refractivity contribution is 5.80. The minimum absolute atomic E-state index is 0.220. The molecule has 0 radical (unpaired) electrons. The van der Waals surface area contributed by atoms with Crippen molar-refractivity contribution in [2.75, 3.05) is 6.54 Å². The number of likely N-dealkylation sites (tertiary alicyclic amines) is 1. The molecule has 0 bridgehead atoms. The second-order valence-electron chi connectivity index (χ2n) is 7.36. The predicted molar refractivity (Wildman–Crippen MR) is 102 cm³/mol. The molecule has 1 atom stereocenters. The highest BCUT2D eigenvalue weighted by Gasteiger charge is 2.21. The molecule has 0 aliphatic carbocycles. The number of H-pyrrole nitrogens is 1. The van der Waals surface area contributed by atoms with Gasteiger partial charge in [0.15, 0.2) is 5.43 Å². The summed E-state index contributed by atoms with van der Waals surface area (Å²) in [6.07, 6.45) is 7.21. The number of aromatic amines is 1. The van der Waals surface area contributed by atoms with Crippen molar-refractivity contribution in [2.45, 2.75) is 71.9 Å². The third kappa shape index (κ3) is 3.56. The third-order valence-electron chi connectivity index (χ3n) is 5.50. The maximum absolute atomic E-state index is 13.1. The molecule has 3 heteroatoms. The van der Waals surface area contributed by atoms with E-state index in [1.165, 1.54) is 37.7 Å². The molecule has 1 aromatic heterocycles. The Kier molecular flexibility index (Phi) is 5.40. The fraction of sp³-hybridized carbons (Fsp3) is 0.571. The number of hydrogen-bond acceptors (Lipinski definition) is 2. The lowest BCUT2D eigenvalue weighted by molar-refractivity contribution is 0.152. The lowest BCUT2D eigenvalue weighted by Gasteiger charge is -2.33. The number of rotatable bonds is 5. The fourth-order valence-corrected chi connectivity index (χ4v) is 3.82. The molecule has 2 heterocycles. The maximum atomic E-state index is 13.1. The van der Waals surface area contributed by atoms with Gasteiger partial charge in [0.1, 0.15) is 0 Å². The molecule has 0 saturated carbocycles. The van der Waals surface area contributed by atoms with Crippen LogP contribution < -0.4 is 5.43 Å². The first kappa shape index (κ1) is 17.2. The van der Waals surface area contributed by atoms with E-state index in [2.05, 4.69) is 41.9 Å². The van der Waals surface area contributed by atoms with Crippen molar-refractivity contribution in [3.05, 3.63) is 45.2 Å². The van der Waals surface area contributed by atoms with Crippen LogP contribution in [0.1, 0.15) is 62.8 Å². The molecule has 1 aromatic carbocycles. The Balaban J connectivity index is 1.96. The van der Waals surface area contributed by atoms with Crippen LogP contribution >= 0.6 is 0 Å². The van der Waals surface area contributed by atoms with Crippen LogP contribution in [0.25, 0.3) is 10.9 Å². The highest BCUT2D eigenvalue weighted by Crippen LogP contribution is 2.21. The Bertz CT molecular complexity index is 762. The second kappa shape index (κ2) is 7.52. The first-order chi connectivity index (χ1) is 11.6. The van der Waals surface area contributed by atoms with E-state index in [1.807, 2.05) is 6.92 Å². The topological polar surface area (TPSA) is 36.1 Å². The Hall–Kier alpha value is -1.61. The van der Waals surface area contributed by atoms with E-state index in [1.54, 1.807) is 0 Å². The smallest absolute Gasteiger partial charge is 0.194 e. The van der Waals surface area contributed by atoms with Gasteiger partial charge in [0.25, 0.3) is 0 Å². The first-order valence-corrected chi connectivity index (χ1v) is 9.48. The second-order valence-corrected chi connectivity index (χ2v) is 7.36. The van der Waals surface area contributed by atoms with Crippen LogP contribution in [0.5, 0.6) is 0 Å². The average Bonchev–Trinajstić information content (AvgIpc) is 2.58. The van der Waals surface area contributed by atoms with Crippen LogP contribution in [0.4, 0.5) is 0 Å². The summed E-state index contributed by atoms with van der Waals surface area (Å²) >= 11 is 0. The van der Waals surface area contributed by atoms with E-state index in [0.717, 1.165) is 41.7 Å². The van der Waals surface area contributed by atoms with Gasteiger partial charge in [-0.05, 0) is 63.8 Å². The third-order valence-corrected chi connectivity index (χ3v) is 5.50. The standard InChI is InChI=1S/C21H30N2O/c1-4-5-9-17-10-11-20-18(13-17)21(24)19(16(3)22-20)14-23-12-7-6-8-15(23)2/h10-11,13,15H,4-9,12,14H2,1-3H3,(H,22,24)/t15-/m0/s1. The quantitative estimate of drug-likeness (QED) is 0.875. The first-order valence-electron chi connectivity index (χ1n) is 9.48. The molecule has 0 amide bonds. The highest BCUT2D eigenvalue weighted by atomic mass is 16.1. The molecule has 1 fully saturated rings. The van der Waals surface area contributed by atoms with Gasteiger partial charge in [-0.1, -0.05) is 25.8 Å². The van der Waals surface area contributed by atoms with Crippen molar-refractivity contribution in [2.24, 2.45) is 0 Å². The molecule has 3 rings (SSSR count). The van der Waals surface area contributed by atoms with Gasteiger partial charge in [-0.2, -0.15) is 0 Å². The Morgan fingerprint density at radius 2 is 2.12 bits per heavy atom. The molecular weight excluding hydrogens is 296 g/mol. The molecule has 2 aromatic rings. The summed E-state index contributed by atoms with van der Waals surface area (Å²) in [6.45, 7) is 8.41.